The van der Waals surface area contributed by atoms with Crippen molar-refractivity contribution in [3.05, 3.63) is 60.7 Å². The van der Waals surface area contributed by atoms with Gasteiger partial charge < -0.3 is 9.88 Å². The summed E-state index contributed by atoms with van der Waals surface area (Å²) in [6.07, 6.45) is 8.56. The highest BCUT2D eigenvalue weighted by Crippen LogP contribution is 2.22. The molecule has 7 heteroatoms. The van der Waals surface area contributed by atoms with Crippen LogP contribution in [0.25, 0.3) is 22.4 Å². The molecule has 3 aromatic heterocycles. The van der Waals surface area contributed by atoms with Crippen LogP contribution in [0.1, 0.15) is 12.5 Å². The van der Waals surface area contributed by atoms with Crippen LogP contribution in [0.15, 0.2) is 55.1 Å². The van der Waals surface area contributed by atoms with E-state index in [0.717, 1.165) is 41.1 Å². The normalized spacial score (nSPS) is 11.0. The van der Waals surface area contributed by atoms with Gasteiger partial charge in [0.1, 0.15) is 5.69 Å². The molecule has 0 aliphatic carbocycles. The van der Waals surface area contributed by atoms with Gasteiger partial charge in [-0.05, 0) is 36.2 Å². The first-order valence-electron chi connectivity index (χ1n) is 8.76. The van der Waals surface area contributed by atoms with Gasteiger partial charge >= 0.3 is 0 Å². The van der Waals surface area contributed by atoms with Crippen molar-refractivity contribution in [1.29, 1.82) is 0 Å². The van der Waals surface area contributed by atoms with Crippen LogP contribution < -0.4 is 5.32 Å². The minimum atomic E-state index is -0.0884. The molecule has 27 heavy (non-hydrogen) atoms. The third-order valence-corrected chi connectivity index (χ3v) is 4.35. The summed E-state index contributed by atoms with van der Waals surface area (Å²) in [5, 5.41) is 7.97. The van der Waals surface area contributed by atoms with Crippen molar-refractivity contribution in [1.82, 2.24) is 24.3 Å². The first-order chi connectivity index (χ1) is 13.1. The Morgan fingerprint density at radius 2 is 2.11 bits per heavy atom. The van der Waals surface area contributed by atoms with Crippen molar-refractivity contribution in [2.45, 2.75) is 19.9 Å². The standard InChI is InChI=1S/C20H20N6O/c1-14(27)23-17-4-6-18-16(11-17)3-5-19(24-18)20-21-8-10-26(20)9-7-15-12-22-25(2)13-15/h3-6,8,10-13H,7,9H2,1-2H3,(H,23,27). The Kier molecular flexibility index (Phi) is 4.42. The molecule has 4 aromatic rings. The first-order valence-corrected chi connectivity index (χ1v) is 8.76. The van der Waals surface area contributed by atoms with Crippen LogP contribution in [0, 0.1) is 0 Å². The van der Waals surface area contributed by atoms with E-state index in [9.17, 15) is 4.79 Å². The van der Waals surface area contributed by atoms with Crippen molar-refractivity contribution in [2.75, 3.05) is 5.32 Å². The SMILES string of the molecule is CC(=O)Nc1ccc2nc(-c3nccn3CCc3cnn(C)c3)ccc2c1. The largest absolute Gasteiger partial charge is 0.329 e. The van der Waals surface area contributed by atoms with Gasteiger partial charge in [0.15, 0.2) is 5.82 Å². The molecular weight excluding hydrogens is 340 g/mol. The number of anilines is 1. The lowest BCUT2D eigenvalue weighted by Crippen LogP contribution is -2.05. The Hall–Kier alpha value is -3.48. The number of hydrogen-bond acceptors (Lipinski definition) is 4. The molecule has 0 radical (unpaired) electrons. The fourth-order valence-electron chi connectivity index (χ4n) is 3.10. The average molecular weight is 360 g/mol. The number of nitrogens with zero attached hydrogens (tertiary/aromatic N) is 5. The molecule has 1 N–H and O–H groups in total. The van der Waals surface area contributed by atoms with Gasteiger partial charge in [-0.2, -0.15) is 5.10 Å². The number of amides is 1. The van der Waals surface area contributed by atoms with Gasteiger partial charge in [-0.25, -0.2) is 9.97 Å². The number of fused-ring (bicyclic) bond motifs is 1. The van der Waals surface area contributed by atoms with E-state index in [1.165, 1.54) is 12.5 Å². The van der Waals surface area contributed by atoms with Crippen molar-refractivity contribution in [3.8, 4) is 11.5 Å². The maximum Gasteiger partial charge on any atom is 0.221 e. The molecule has 0 spiro atoms. The van der Waals surface area contributed by atoms with Gasteiger partial charge in [0.05, 0.1) is 11.7 Å². The number of benzene rings is 1. The molecule has 3 heterocycles. The summed E-state index contributed by atoms with van der Waals surface area (Å²) >= 11 is 0. The molecule has 1 amide bonds. The van der Waals surface area contributed by atoms with Gasteiger partial charge in [-0.15, -0.1) is 0 Å². The van der Waals surface area contributed by atoms with Crippen LogP contribution in [0.3, 0.4) is 0 Å². The van der Waals surface area contributed by atoms with Crippen LogP contribution in [-0.2, 0) is 24.8 Å². The van der Waals surface area contributed by atoms with Gasteiger partial charge in [0.2, 0.25) is 5.91 Å². The minimum absolute atomic E-state index is 0.0884. The Labute approximate surface area is 156 Å². The van der Waals surface area contributed by atoms with Gasteiger partial charge in [0.25, 0.3) is 0 Å². The zero-order chi connectivity index (χ0) is 18.8. The number of rotatable bonds is 5. The summed E-state index contributed by atoms with van der Waals surface area (Å²) in [6, 6.07) is 9.65. The lowest BCUT2D eigenvalue weighted by molar-refractivity contribution is -0.114. The van der Waals surface area contributed by atoms with E-state index >= 15 is 0 Å². The third-order valence-electron chi connectivity index (χ3n) is 4.35. The number of nitrogens with one attached hydrogen (secondary N) is 1. The number of carbonyl (C=O) groups is 1. The topological polar surface area (TPSA) is 77.6 Å². The number of carbonyl (C=O) groups excluding carboxylic acids is 1. The average Bonchev–Trinajstić information content (AvgIpc) is 3.27. The van der Waals surface area contributed by atoms with Crippen LogP contribution >= 0.6 is 0 Å². The molecule has 0 saturated carbocycles. The van der Waals surface area contributed by atoms with E-state index in [1.807, 2.05) is 60.7 Å². The fourth-order valence-corrected chi connectivity index (χ4v) is 3.10. The van der Waals surface area contributed by atoms with E-state index in [2.05, 4.69) is 20.0 Å². The lowest BCUT2D eigenvalue weighted by Gasteiger charge is -2.08. The van der Waals surface area contributed by atoms with E-state index in [0.29, 0.717) is 0 Å². The molecule has 4 rings (SSSR count). The number of aryl methyl sites for hydroxylation is 3. The van der Waals surface area contributed by atoms with E-state index in [-0.39, 0.29) is 5.91 Å². The summed E-state index contributed by atoms with van der Waals surface area (Å²) in [4.78, 5) is 20.5. The van der Waals surface area contributed by atoms with Crippen LogP contribution in [0.5, 0.6) is 0 Å². The summed E-state index contributed by atoms with van der Waals surface area (Å²) in [5.41, 5.74) is 3.64. The molecule has 0 atom stereocenters. The van der Waals surface area contributed by atoms with E-state index < -0.39 is 0 Å². The molecular formula is C20H20N6O. The summed E-state index contributed by atoms with van der Waals surface area (Å²) in [6.45, 7) is 2.30. The molecule has 0 aliphatic rings. The Morgan fingerprint density at radius 3 is 2.89 bits per heavy atom. The predicted molar refractivity (Wildman–Crippen MR) is 104 cm³/mol. The molecule has 136 valence electrons. The van der Waals surface area contributed by atoms with Crippen LogP contribution in [-0.4, -0.2) is 30.2 Å². The third kappa shape index (κ3) is 3.72. The number of hydrogen-bond donors (Lipinski definition) is 1. The highest BCUT2D eigenvalue weighted by atomic mass is 16.1. The van der Waals surface area contributed by atoms with Crippen molar-refractivity contribution >= 4 is 22.5 Å². The molecule has 0 saturated heterocycles. The van der Waals surface area contributed by atoms with Crippen molar-refractivity contribution in [2.24, 2.45) is 7.05 Å². The maximum absolute atomic E-state index is 11.2. The molecule has 0 bridgehead atoms. The number of imidazole rings is 1. The fraction of sp³-hybridized carbons (Fsp3) is 0.200. The predicted octanol–water partition coefficient (Wildman–Crippen LogP) is 3.03. The van der Waals surface area contributed by atoms with Crippen LogP contribution in [0.2, 0.25) is 0 Å². The minimum Gasteiger partial charge on any atom is -0.329 e. The first kappa shape index (κ1) is 17.0. The summed E-state index contributed by atoms with van der Waals surface area (Å²) in [5.74, 6) is 0.751. The van der Waals surface area contributed by atoms with Crippen molar-refractivity contribution in [3.63, 3.8) is 0 Å². The van der Waals surface area contributed by atoms with Gasteiger partial charge in [0, 0.05) is 50.2 Å². The van der Waals surface area contributed by atoms with Crippen LogP contribution in [0.4, 0.5) is 5.69 Å². The summed E-state index contributed by atoms with van der Waals surface area (Å²) in [7, 11) is 1.92. The number of aromatic nitrogens is 5. The zero-order valence-corrected chi connectivity index (χ0v) is 15.3. The monoisotopic (exact) mass is 360 g/mol. The number of pyridine rings is 1. The molecule has 0 unspecified atom stereocenters. The Balaban J connectivity index is 1.59. The molecule has 0 aliphatic heterocycles. The highest BCUT2D eigenvalue weighted by molar-refractivity contribution is 5.92. The molecule has 7 nitrogen and oxygen atoms in total. The smallest absolute Gasteiger partial charge is 0.221 e. The Bertz CT molecular complexity index is 1110. The quantitative estimate of drug-likeness (QED) is 0.593. The molecule has 0 fully saturated rings. The second kappa shape index (κ2) is 7.03. The second-order valence-electron chi connectivity index (χ2n) is 6.50. The van der Waals surface area contributed by atoms with Gasteiger partial charge in [-0.3, -0.25) is 9.48 Å². The lowest BCUT2D eigenvalue weighted by atomic mass is 10.1. The summed E-state index contributed by atoms with van der Waals surface area (Å²) < 4.78 is 3.91. The Morgan fingerprint density at radius 1 is 1.22 bits per heavy atom. The zero-order valence-electron chi connectivity index (χ0n) is 15.3. The maximum atomic E-state index is 11.2. The molecule has 1 aromatic carbocycles. The van der Waals surface area contributed by atoms with E-state index in [4.69, 9.17) is 4.98 Å². The van der Waals surface area contributed by atoms with Gasteiger partial charge in [-0.1, -0.05) is 6.07 Å². The second-order valence-corrected chi connectivity index (χ2v) is 6.50. The van der Waals surface area contributed by atoms with Crippen molar-refractivity contribution < 1.29 is 4.79 Å². The highest BCUT2D eigenvalue weighted by Gasteiger charge is 2.09. The van der Waals surface area contributed by atoms with E-state index in [1.54, 1.807) is 6.20 Å².